The Morgan fingerprint density at radius 2 is 1.72 bits per heavy atom. The van der Waals surface area contributed by atoms with Gasteiger partial charge in [-0.3, -0.25) is 9.78 Å². The number of carbonyl (C=O) groups is 2. The van der Waals surface area contributed by atoms with E-state index in [4.69, 9.17) is 4.42 Å². The molecule has 6 nitrogen and oxygen atoms in total. The fourth-order valence-electron chi connectivity index (χ4n) is 4.82. The van der Waals surface area contributed by atoms with Crippen molar-refractivity contribution in [3.63, 3.8) is 0 Å². The Hall–Kier alpha value is -4.97. The summed E-state index contributed by atoms with van der Waals surface area (Å²) in [7, 11) is 0. The van der Waals surface area contributed by atoms with Crippen LogP contribution in [0.25, 0.3) is 16.5 Å². The van der Waals surface area contributed by atoms with E-state index < -0.39 is 5.97 Å². The highest BCUT2D eigenvalue weighted by Crippen LogP contribution is 2.30. The number of pyridine rings is 1. The molecule has 5 aromatic rings. The van der Waals surface area contributed by atoms with Gasteiger partial charge in [0.15, 0.2) is 0 Å². The maximum absolute atomic E-state index is 13.3. The normalized spacial score (nSPS) is 12.3. The third-order valence-corrected chi connectivity index (χ3v) is 6.64. The van der Waals surface area contributed by atoms with Gasteiger partial charge in [0.1, 0.15) is 11.3 Å². The number of carbonyl (C=O) groups excluding carboxylic acids is 1. The fraction of sp³-hybridized carbons (Fsp3) is 0.121. The van der Waals surface area contributed by atoms with Gasteiger partial charge in [-0.25, -0.2) is 4.79 Å². The van der Waals surface area contributed by atoms with Crippen LogP contribution in [-0.2, 0) is 16.0 Å². The molecule has 6 heteroatoms. The first-order chi connectivity index (χ1) is 18.9. The second kappa shape index (κ2) is 11.2. The molecule has 0 saturated heterocycles. The van der Waals surface area contributed by atoms with Gasteiger partial charge in [0.2, 0.25) is 5.91 Å². The zero-order valence-electron chi connectivity index (χ0n) is 21.7. The largest absolute Gasteiger partial charge is 0.478 e. The number of carboxylic acids is 1. The zero-order chi connectivity index (χ0) is 27.4. The van der Waals surface area contributed by atoms with Crippen LogP contribution < -0.4 is 5.32 Å². The number of aromatic nitrogens is 1. The minimum Gasteiger partial charge on any atom is -0.478 e. The maximum atomic E-state index is 13.3. The highest BCUT2D eigenvalue weighted by molar-refractivity contribution is 5.96. The van der Waals surface area contributed by atoms with Gasteiger partial charge in [0.05, 0.1) is 12.5 Å². The first kappa shape index (κ1) is 25.7. The van der Waals surface area contributed by atoms with E-state index in [2.05, 4.69) is 42.3 Å². The number of furan rings is 1. The van der Waals surface area contributed by atoms with Gasteiger partial charge in [-0.1, -0.05) is 60.2 Å². The fourth-order valence-corrected chi connectivity index (χ4v) is 4.82. The minimum atomic E-state index is -1.07. The van der Waals surface area contributed by atoms with Gasteiger partial charge in [-0.2, -0.15) is 0 Å². The second-order valence-electron chi connectivity index (χ2n) is 9.56. The smallest absolute Gasteiger partial charge is 0.329 e. The number of hydrogen-bond donors (Lipinski definition) is 2. The lowest BCUT2D eigenvalue weighted by Gasteiger charge is -2.22. The molecule has 1 unspecified atom stereocenters. The summed E-state index contributed by atoms with van der Waals surface area (Å²) in [6.07, 6.45) is 4.52. The van der Waals surface area contributed by atoms with Crippen LogP contribution in [0.15, 0.2) is 108 Å². The van der Waals surface area contributed by atoms with Crippen LogP contribution in [0.1, 0.15) is 45.2 Å². The summed E-state index contributed by atoms with van der Waals surface area (Å²) in [4.78, 5) is 28.8. The van der Waals surface area contributed by atoms with Crippen LogP contribution in [0.4, 0.5) is 0 Å². The van der Waals surface area contributed by atoms with Crippen LogP contribution in [0.5, 0.6) is 0 Å². The van der Waals surface area contributed by atoms with Crippen LogP contribution >= 0.6 is 0 Å². The molecule has 5 rings (SSSR count). The van der Waals surface area contributed by atoms with Crippen molar-refractivity contribution >= 4 is 28.4 Å². The Bertz CT molecular complexity index is 1670. The van der Waals surface area contributed by atoms with Crippen molar-refractivity contribution in [2.45, 2.75) is 26.3 Å². The molecule has 2 aromatic heterocycles. The van der Waals surface area contributed by atoms with Crippen LogP contribution in [-0.4, -0.2) is 22.0 Å². The van der Waals surface area contributed by atoms with Gasteiger partial charge < -0.3 is 14.8 Å². The van der Waals surface area contributed by atoms with Crippen molar-refractivity contribution in [2.24, 2.45) is 0 Å². The van der Waals surface area contributed by atoms with Crippen molar-refractivity contribution in [2.75, 3.05) is 0 Å². The van der Waals surface area contributed by atoms with Gasteiger partial charge in [0.25, 0.3) is 0 Å². The van der Waals surface area contributed by atoms with Crippen LogP contribution in [0.3, 0.4) is 0 Å². The molecule has 0 fully saturated rings. The Labute approximate surface area is 226 Å². The molecule has 194 valence electrons. The average molecular weight is 517 g/mol. The number of carboxylic acid groups (broad SMARTS) is 1. The van der Waals surface area contributed by atoms with Crippen molar-refractivity contribution in [3.8, 4) is 0 Å². The summed E-state index contributed by atoms with van der Waals surface area (Å²) >= 11 is 0. The highest BCUT2D eigenvalue weighted by Gasteiger charge is 2.19. The predicted molar refractivity (Wildman–Crippen MR) is 151 cm³/mol. The lowest BCUT2D eigenvalue weighted by Crippen LogP contribution is -2.31. The summed E-state index contributed by atoms with van der Waals surface area (Å²) in [5.74, 6) is -0.745. The third kappa shape index (κ3) is 5.96. The number of benzene rings is 3. The highest BCUT2D eigenvalue weighted by atomic mass is 16.4. The van der Waals surface area contributed by atoms with Crippen molar-refractivity contribution < 1.29 is 19.1 Å². The van der Waals surface area contributed by atoms with Crippen LogP contribution in [0.2, 0.25) is 0 Å². The molecular weight excluding hydrogens is 488 g/mol. The van der Waals surface area contributed by atoms with Crippen molar-refractivity contribution in [1.29, 1.82) is 0 Å². The monoisotopic (exact) mass is 516 g/mol. The third-order valence-electron chi connectivity index (χ3n) is 6.64. The topological polar surface area (TPSA) is 92.4 Å². The first-order valence-electron chi connectivity index (χ1n) is 12.7. The van der Waals surface area contributed by atoms with E-state index in [0.29, 0.717) is 22.5 Å². The second-order valence-corrected chi connectivity index (χ2v) is 9.56. The predicted octanol–water partition coefficient (Wildman–Crippen LogP) is 6.41. The van der Waals surface area contributed by atoms with Gasteiger partial charge in [-0.05, 0) is 72.0 Å². The number of aryl methyl sites for hydroxylation is 2. The summed E-state index contributed by atoms with van der Waals surface area (Å²) < 4.78 is 6.00. The number of hydrogen-bond acceptors (Lipinski definition) is 4. The zero-order valence-corrected chi connectivity index (χ0v) is 21.7. The molecule has 39 heavy (non-hydrogen) atoms. The summed E-state index contributed by atoms with van der Waals surface area (Å²) in [5, 5.41) is 13.4. The quantitative estimate of drug-likeness (QED) is 0.233. The SMILES string of the molecule is Cc1ccc(C(NC(=O)Cc2ccc3oc(C(=CC(=O)O)c4ccncc4)cc3c2)c2ccccc2)c(C)c1. The van der Waals surface area contributed by atoms with E-state index >= 15 is 0 Å². The van der Waals surface area contributed by atoms with E-state index in [1.165, 1.54) is 5.56 Å². The van der Waals surface area contributed by atoms with Gasteiger partial charge in [-0.15, -0.1) is 0 Å². The van der Waals surface area contributed by atoms with Crippen molar-refractivity contribution in [1.82, 2.24) is 10.3 Å². The summed E-state index contributed by atoms with van der Waals surface area (Å²) in [6, 6.07) is 26.8. The number of aliphatic carboxylic acids is 1. The van der Waals surface area contributed by atoms with Crippen LogP contribution in [0, 0.1) is 13.8 Å². The molecule has 0 radical (unpaired) electrons. The van der Waals surface area contributed by atoms with E-state index in [1.54, 1.807) is 30.6 Å². The average Bonchev–Trinajstić information content (AvgIpc) is 3.35. The molecule has 2 N–H and O–H groups in total. The summed E-state index contributed by atoms with van der Waals surface area (Å²) in [5.41, 5.74) is 6.93. The molecular formula is C33H28N2O4. The lowest BCUT2D eigenvalue weighted by molar-refractivity contribution is -0.131. The Morgan fingerprint density at radius 3 is 2.44 bits per heavy atom. The molecule has 1 atom stereocenters. The van der Waals surface area contributed by atoms with Crippen molar-refractivity contribution in [3.05, 3.63) is 143 Å². The molecule has 3 aromatic carbocycles. The molecule has 1 amide bonds. The Morgan fingerprint density at radius 1 is 0.949 bits per heavy atom. The van der Waals surface area contributed by atoms with Gasteiger partial charge >= 0.3 is 5.97 Å². The minimum absolute atomic E-state index is 0.102. The number of amides is 1. The number of nitrogens with zero attached hydrogens (tertiary/aromatic N) is 1. The number of nitrogens with one attached hydrogen (secondary N) is 1. The molecule has 0 aliphatic carbocycles. The standard InChI is InChI=1S/C33H28N2O4/c1-21-8-10-27(22(2)16-21)33(25-6-4-3-5-7-25)35-31(36)18-23-9-11-29-26(17-23)19-30(39-29)28(20-32(37)38)24-12-14-34-15-13-24/h3-17,19-20,33H,18H2,1-2H3,(H,35,36)(H,37,38). The Balaban J connectivity index is 1.40. The molecule has 0 spiro atoms. The summed E-state index contributed by atoms with van der Waals surface area (Å²) in [6.45, 7) is 4.12. The maximum Gasteiger partial charge on any atom is 0.329 e. The molecule has 2 heterocycles. The molecule has 0 aliphatic rings. The molecule has 0 aliphatic heterocycles. The molecule has 0 bridgehead atoms. The number of rotatable bonds is 8. The lowest BCUT2D eigenvalue weighted by atomic mass is 9.93. The molecule has 0 saturated carbocycles. The van der Waals surface area contributed by atoms with E-state index in [9.17, 15) is 14.7 Å². The first-order valence-corrected chi connectivity index (χ1v) is 12.7. The Kier molecular flexibility index (Phi) is 7.37. The number of fused-ring (bicyclic) bond motifs is 1. The van der Waals surface area contributed by atoms with E-state index in [-0.39, 0.29) is 18.4 Å². The van der Waals surface area contributed by atoms with Gasteiger partial charge in [0, 0.05) is 29.4 Å². The van der Waals surface area contributed by atoms with E-state index in [1.807, 2.05) is 48.5 Å². The van der Waals surface area contributed by atoms with E-state index in [0.717, 1.165) is 33.7 Å².